The fourth-order valence-corrected chi connectivity index (χ4v) is 1.68. The number of hydrogen-bond acceptors (Lipinski definition) is 4. The fraction of sp³-hybridized carbons (Fsp3) is 0.375. The molecule has 0 spiro atoms. The summed E-state index contributed by atoms with van der Waals surface area (Å²) < 4.78 is 0. The topological polar surface area (TPSA) is 58.1 Å². The Bertz CT molecular complexity index is 382. The van der Waals surface area contributed by atoms with Crippen molar-refractivity contribution in [3.8, 4) is 0 Å². The number of fused-ring (bicyclic) bond motifs is 1. The van der Waals surface area contributed by atoms with Gasteiger partial charge in [0.1, 0.15) is 12.0 Å². The third kappa shape index (κ3) is 1.39. The second-order valence-corrected chi connectivity index (χ2v) is 3.28. The van der Waals surface area contributed by atoms with Gasteiger partial charge < -0.3 is 10.2 Å². The first-order valence-electron chi connectivity index (χ1n) is 4.27. The molecule has 1 aliphatic heterocycles. The summed E-state index contributed by atoms with van der Waals surface area (Å²) in [5.41, 5.74) is 0.705. The van der Waals surface area contributed by atoms with Crippen LogP contribution in [-0.4, -0.2) is 29.0 Å². The molecule has 1 N–H and O–H groups in total. The van der Waals surface area contributed by atoms with Crippen LogP contribution < -0.4 is 10.2 Å². The lowest BCUT2D eigenvalue weighted by atomic mass is 10.3. The summed E-state index contributed by atoms with van der Waals surface area (Å²) in [6, 6.07) is 0. The second-order valence-electron chi connectivity index (χ2n) is 2.92. The van der Waals surface area contributed by atoms with E-state index in [-0.39, 0.29) is 5.91 Å². The van der Waals surface area contributed by atoms with Gasteiger partial charge in [-0.1, -0.05) is 11.6 Å². The van der Waals surface area contributed by atoms with Gasteiger partial charge >= 0.3 is 0 Å². The van der Waals surface area contributed by atoms with Gasteiger partial charge in [0.2, 0.25) is 5.91 Å². The molecule has 2 rings (SSSR count). The Hall–Kier alpha value is -1.36. The number of carbonyl (C=O) groups is 1. The van der Waals surface area contributed by atoms with Gasteiger partial charge in [0.15, 0.2) is 11.0 Å². The van der Waals surface area contributed by atoms with E-state index in [4.69, 9.17) is 11.6 Å². The van der Waals surface area contributed by atoms with Crippen LogP contribution in [0.5, 0.6) is 0 Å². The van der Waals surface area contributed by atoms with Crippen LogP contribution in [0, 0.1) is 0 Å². The molecule has 1 amide bonds. The van der Waals surface area contributed by atoms with Crippen molar-refractivity contribution in [3.63, 3.8) is 0 Å². The van der Waals surface area contributed by atoms with Crippen LogP contribution in [0.2, 0.25) is 5.15 Å². The number of anilines is 2. The highest BCUT2D eigenvalue weighted by molar-refractivity contribution is 6.33. The van der Waals surface area contributed by atoms with Gasteiger partial charge in [-0.15, -0.1) is 0 Å². The quantitative estimate of drug-likeness (QED) is 0.703. The van der Waals surface area contributed by atoms with E-state index in [0.717, 1.165) is 0 Å². The van der Waals surface area contributed by atoms with E-state index in [9.17, 15) is 4.79 Å². The molecule has 0 fully saturated rings. The van der Waals surface area contributed by atoms with Crippen molar-refractivity contribution >= 4 is 29.0 Å². The molecule has 0 unspecified atom stereocenters. The molecule has 2 heterocycles. The standard InChI is InChI=1S/C8H9ClN4O/c1-2-13-3-5(14)12-8-6(13)7(9)10-4-11-8/h4H,2-3H2,1H3,(H,10,11,12,14). The molecule has 6 heteroatoms. The van der Waals surface area contributed by atoms with Crippen molar-refractivity contribution < 1.29 is 4.79 Å². The number of aromatic nitrogens is 2. The molecule has 0 aliphatic carbocycles. The van der Waals surface area contributed by atoms with Gasteiger partial charge in [-0.05, 0) is 6.92 Å². The SMILES string of the molecule is CCN1CC(=O)Nc2ncnc(Cl)c21. The largest absolute Gasteiger partial charge is 0.357 e. The summed E-state index contributed by atoms with van der Waals surface area (Å²) >= 11 is 5.92. The number of rotatable bonds is 1. The number of carbonyl (C=O) groups excluding carboxylic acids is 1. The van der Waals surface area contributed by atoms with E-state index in [1.165, 1.54) is 6.33 Å². The molecule has 14 heavy (non-hydrogen) atoms. The predicted octanol–water partition coefficient (Wildman–Crippen LogP) is 0.908. The average Bonchev–Trinajstić information content (AvgIpc) is 2.16. The van der Waals surface area contributed by atoms with Crippen LogP contribution in [-0.2, 0) is 4.79 Å². The van der Waals surface area contributed by atoms with Crippen molar-refractivity contribution in [1.29, 1.82) is 0 Å². The van der Waals surface area contributed by atoms with Crippen molar-refractivity contribution in [3.05, 3.63) is 11.5 Å². The molecule has 0 atom stereocenters. The molecule has 0 saturated heterocycles. The van der Waals surface area contributed by atoms with Gasteiger partial charge in [-0.3, -0.25) is 4.79 Å². The molecule has 5 nitrogen and oxygen atoms in total. The van der Waals surface area contributed by atoms with Crippen LogP contribution in [0.25, 0.3) is 0 Å². The van der Waals surface area contributed by atoms with E-state index >= 15 is 0 Å². The van der Waals surface area contributed by atoms with Crippen LogP contribution in [0.4, 0.5) is 11.5 Å². The lowest BCUT2D eigenvalue weighted by molar-refractivity contribution is -0.115. The van der Waals surface area contributed by atoms with E-state index in [2.05, 4.69) is 15.3 Å². The monoisotopic (exact) mass is 212 g/mol. The summed E-state index contributed by atoms with van der Waals surface area (Å²) in [6.45, 7) is 2.95. The molecule has 0 aromatic carbocycles. The molecule has 1 aromatic heterocycles. The highest BCUT2D eigenvalue weighted by Gasteiger charge is 2.24. The Morgan fingerprint density at radius 3 is 3.14 bits per heavy atom. The van der Waals surface area contributed by atoms with Gasteiger partial charge in [-0.2, -0.15) is 0 Å². The molecule has 0 saturated carbocycles. The molecule has 74 valence electrons. The summed E-state index contributed by atoms with van der Waals surface area (Å²) in [7, 11) is 0. The van der Waals surface area contributed by atoms with Gasteiger partial charge in [-0.25, -0.2) is 9.97 Å². The highest BCUT2D eigenvalue weighted by atomic mass is 35.5. The molecule has 1 aliphatic rings. The van der Waals surface area contributed by atoms with Crippen LogP contribution in [0.3, 0.4) is 0 Å². The number of halogens is 1. The maximum Gasteiger partial charge on any atom is 0.245 e. The lowest BCUT2D eigenvalue weighted by Crippen LogP contribution is -2.38. The van der Waals surface area contributed by atoms with E-state index < -0.39 is 0 Å². The number of nitrogens with one attached hydrogen (secondary N) is 1. The van der Waals surface area contributed by atoms with Crippen LogP contribution >= 0.6 is 11.6 Å². The normalized spacial score (nSPS) is 15.0. The second kappa shape index (κ2) is 3.42. The van der Waals surface area contributed by atoms with Crippen molar-refractivity contribution in [1.82, 2.24) is 9.97 Å². The Labute approximate surface area is 86.1 Å². The van der Waals surface area contributed by atoms with Crippen molar-refractivity contribution in [2.45, 2.75) is 6.92 Å². The van der Waals surface area contributed by atoms with Crippen LogP contribution in [0.15, 0.2) is 6.33 Å². The maximum atomic E-state index is 11.3. The molecular formula is C8H9ClN4O. The lowest BCUT2D eigenvalue weighted by Gasteiger charge is -2.28. The Morgan fingerprint density at radius 1 is 1.64 bits per heavy atom. The molecule has 0 bridgehead atoms. The summed E-state index contributed by atoms with van der Waals surface area (Å²) in [5, 5.41) is 3.02. The molecular weight excluding hydrogens is 204 g/mol. The zero-order valence-electron chi connectivity index (χ0n) is 7.62. The zero-order valence-corrected chi connectivity index (χ0v) is 8.38. The van der Waals surface area contributed by atoms with Crippen molar-refractivity contribution in [2.75, 3.05) is 23.3 Å². The highest BCUT2D eigenvalue weighted by Crippen LogP contribution is 2.32. The summed E-state index contributed by atoms with van der Waals surface area (Å²) in [5.74, 6) is 0.414. The first-order valence-corrected chi connectivity index (χ1v) is 4.65. The minimum absolute atomic E-state index is 0.0749. The number of nitrogens with zero attached hydrogens (tertiary/aromatic N) is 3. The van der Waals surface area contributed by atoms with E-state index in [0.29, 0.717) is 29.7 Å². The fourth-order valence-electron chi connectivity index (χ4n) is 1.42. The van der Waals surface area contributed by atoms with Gasteiger partial charge in [0, 0.05) is 6.54 Å². The smallest absolute Gasteiger partial charge is 0.245 e. The van der Waals surface area contributed by atoms with E-state index in [1.54, 1.807) is 0 Å². The summed E-state index contributed by atoms with van der Waals surface area (Å²) in [4.78, 5) is 20.9. The maximum absolute atomic E-state index is 11.3. The van der Waals surface area contributed by atoms with Gasteiger partial charge in [0.25, 0.3) is 0 Å². The zero-order chi connectivity index (χ0) is 10.1. The first-order chi connectivity index (χ1) is 6.72. The minimum Gasteiger partial charge on any atom is -0.357 e. The Kier molecular flexibility index (Phi) is 2.25. The van der Waals surface area contributed by atoms with Crippen molar-refractivity contribution in [2.24, 2.45) is 0 Å². The molecule has 0 radical (unpaired) electrons. The number of likely N-dealkylation sites (N-methyl/N-ethyl adjacent to an activating group) is 1. The van der Waals surface area contributed by atoms with Gasteiger partial charge in [0.05, 0.1) is 6.54 Å². The van der Waals surface area contributed by atoms with E-state index in [1.807, 2.05) is 11.8 Å². The third-order valence-corrected chi connectivity index (χ3v) is 2.34. The summed E-state index contributed by atoms with van der Waals surface area (Å²) in [6.07, 6.45) is 1.33. The number of amides is 1. The predicted molar refractivity (Wildman–Crippen MR) is 53.6 cm³/mol. The Balaban J connectivity index is 2.51. The minimum atomic E-state index is -0.0749. The first kappa shape index (κ1) is 9.21. The molecule has 1 aromatic rings. The van der Waals surface area contributed by atoms with Crippen LogP contribution in [0.1, 0.15) is 6.92 Å². The number of hydrogen-bond donors (Lipinski definition) is 1. The Morgan fingerprint density at radius 2 is 2.43 bits per heavy atom. The average molecular weight is 213 g/mol. The third-order valence-electron chi connectivity index (χ3n) is 2.07.